The van der Waals surface area contributed by atoms with Crippen molar-refractivity contribution in [2.45, 2.75) is 9.79 Å². The molecule has 0 saturated heterocycles. The van der Waals surface area contributed by atoms with Crippen LogP contribution < -0.4 is 0 Å². The molecule has 0 aliphatic heterocycles. The monoisotopic (exact) mass is 465 g/mol. The molecule has 8 heteroatoms. The molecule has 0 spiro atoms. The number of nitrogens with zero attached hydrogens (tertiary/aromatic N) is 1. The molecule has 0 amide bonds. The van der Waals surface area contributed by atoms with Gasteiger partial charge < -0.3 is 0 Å². The van der Waals surface area contributed by atoms with Gasteiger partial charge in [-0.15, -0.1) is 0 Å². The summed E-state index contributed by atoms with van der Waals surface area (Å²) in [6.45, 7) is 0. The molecule has 0 bridgehead atoms. The third-order valence-electron chi connectivity index (χ3n) is 4.30. The predicted molar refractivity (Wildman–Crippen MR) is 114 cm³/mol. The van der Waals surface area contributed by atoms with Gasteiger partial charge in [0.05, 0.1) is 21.0 Å². The van der Waals surface area contributed by atoms with Gasteiger partial charge in [0.1, 0.15) is 5.82 Å². The van der Waals surface area contributed by atoms with E-state index in [9.17, 15) is 12.8 Å². The second-order valence-corrected chi connectivity index (χ2v) is 9.52. The first-order chi connectivity index (χ1) is 13.7. The van der Waals surface area contributed by atoms with E-state index in [1.165, 1.54) is 42.5 Å². The van der Waals surface area contributed by atoms with Gasteiger partial charge in [0.25, 0.3) is 0 Å². The van der Waals surface area contributed by atoms with Crippen LogP contribution in [0.4, 0.5) is 4.39 Å². The first-order valence-corrected chi connectivity index (χ1v) is 10.9. The topological polar surface area (TPSA) is 47.0 Å². The standard InChI is InChI=1S/C21H11Cl3FNO2S/c22-14-4-1-12(2-5-14)21-20(7-13-3-6-17(25)11-19(13)26-21)29(27,28)18-9-15(23)8-16(24)10-18/h1-11H. The average molecular weight is 467 g/mol. The predicted octanol–water partition coefficient (Wildman–Crippen LogP) is 6.83. The highest BCUT2D eigenvalue weighted by Crippen LogP contribution is 2.35. The van der Waals surface area contributed by atoms with Gasteiger partial charge in [-0.05, 0) is 48.5 Å². The maximum atomic E-state index is 13.7. The van der Waals surface area contributed by atoms with Gasteiger partial charge in [-0.2, -0.15) is 0 Å². The van der Waals surface area contributed by atoms with Crippen LogP contribution in [-0.4, -0.2) is 13.4 Å². The summed E-state index contributed by atoms with van der Waals surface area (Å²) in [5, 5.41) is 1.36. The Labute approximate surface area is 181 Å². The molecular weight excluding hydrogens is 456 g/mol. The molecule has 3 nitrogen and oxygen atoms in total. The van der Waals surface area contributed by atoms with E-state index in [0.29, 0.717) is 21.5 Å². The molecule has 0 unspecified atom stereocenters. The van der Waals surface area contributed by atoms with E-state index in [1.807, 2.05) is 0 Å². The Bertz CT molecular complexity index is 1340. The van der Waals surface area contributed by atoms with Crippen LogP contribution in [0, 0.1) is 5.82 Å². The largest absolute Gasteiger partial charge is 0.246 e. The zero-order valence-electron chi connectivity index (χ0n) is 14.5. The summed E-state index contributed by atoms with van der Waals surface area (Å²) < 4.78 is 40.6. The van der Waals surface area contributed by atoms with Crippen molar-refractivity contribution < 1.29 is 12.8 Å². The summed E-state index contributed by atoms with van der Waals surface area (Å²) in [5.41, 5.74) is 1.03. The molecule has 29 heavy (non-hydrogen) atoms. The van der Waals surface area contributed by atoms with Crippen LogP contribution in [-0.2, 0) is 9.84 Å². The number of aromatic nitrogens is 1. The molecule has 0 atom stereocenters. The number of pyridine rings is 1. The number of sulfone groups is 1. The minimum atomic E-state index is -4.03. The molecule has 0 saturated carbocycles. The second kappa shape index (κ2) is 7.58. The van der Waals surface area contributed by atoms with Crippen molar-refractivity contribution in [1.82, 2.24) is 4.98 Å². The smallest absolute Gasteiger partial charge is 0.208 e. The van der Waals surface area contributed by atoms with E-state index in [0.717, 1.165) is 0 Å². The summed E-state index contributed by atoms with van der Waals surface area (Å²) in [6, 6.07) is 16.1. The number of halogens is 4. The van der Waals surface area contributed by atoms with Crippen molar-refractivity contribution in [2.75, 3.05) is 0 Å². The van der Waals surface area contributed by atoms with Gasteiger partial charge in [0, 0.05) is 32.1 Å². The molecule has 146 valence electrons. The van der Waals surface area contributed by atoms with Crippen molar-refractivity contribution in [1.29, 1.82) is 0 Å². The highest BCUT2D eigenvalue weighted by Gasteiger charge is 2.25. The fourth-order valence-electron chi connectivity index (χ4n) is 2.95. The van der Waals surface area contributed by atoms with Crippen LogP contribution in [0.15, 0.2) is 76.5 Å². The van der Waals surface area contributed by atoms with Crippen LogP contribution in [0.1, 0.15) is 0 Å². The van der Waals surface area contributed by atoms with E-state index in [2.05, 4.69) is 4.98 Å². The quantitative estimate of drug-likeness (QED) is 0.332. The van der Waals surface area contributed by atoms with Crippen molar-refractivity contribution >= 4 is 55.5 Å². The molecule has 0 N–H and O–H groups in total. The summed E-state index contributed by atoms with van der Waals surface area (Å²) in [4.78, 5) is 4.34. The lowest BCUT2D eigenvalue weighted by atomic mass is 10.1. The minimum absolute atomic E-state index is 0.0442. The summed E-state index contributed by atoms with van der Waals surface area (Å²) >= 11 is 18.0. The second-order valence-electron chi connectivity index (χ2n) is 6.29. The summed E-state index contributed by atoms with van der Waals surface area (Å²) in [7, 11) is -4.03. The van der Waals surface area contributed by atoms with Crippen molar-refractivity contribution in [2.24, 2.45) is 0 Å². The molecule has 0 fully saturated rings. The highest BCUT2D eigenvalue weighted by atomic mass is 35.5. The Hall–Kier alpha value is -2.18. The number of fused-ring (bicyclic) bond motifs is 1. The van der Waals surface area contributed by atoms with Crippen LogP contribution >= 0.6 is 34.8 Å². The number of hydrogen-bond acceptors (Lipinski definition) is 3. The third-order valence-corrected chi connectivity index (χ3v) is 6.73. The third kappa shape index (κ3) is 3.96. The summed E-state index contributed by atoms with van der Waals surface area (Å²) in [6.07, 6.45) is 0. The Morgan fingerprint density at radius 3 is 2.07 bits per heavy atom. The summed E-state index contributed by atoms with van der Waals surface area (Å²) in [5.74, 6) is -0.468. The first-order valence-electron chi connectivity index (χ1n) is 8.31. The van der Waals surface area contributed by atoms with Gasteiger partial charge in [-0.25, -0.2) is 17.8 Å². The van der Waals surface area contributed by atoms with E-state index in [-0.39, 0.29) is 25.5 Å². The van der Waals surface area contributed by atoms with E-state index in [4.69, 9.17) is 34.8 Å². The van der Waals surface area contributed by atoms with Gasteiger partial charge >= 0.3 is 0 Å². The van der Waals surface area contributed by atoms with Crippen LogP contribution in [0.3, 0.4) is 0 Å². The van der Waals surface area contributed by atoms with Crippen molar-refractivity contribution in [3.05, 3.63) is 87.6 Å². The van der Waals surface area contributed by atoms with E-state index in [1.54, 1.807) is 24.3 Å². The molecule has 4 aromatic rings. The Balaban J connectivity index is 2.05. The molecule has 0 aliphatic rings. The van der Waals surface area contributed by atoms with Gasteiger partial charge in [-0.1, -0.05) is 46.9 Å². The van der Waals surface area contributed by atoms with Crippen molar-refractivity contribution in [3.63, 3.8) is 0 Å². The zero-order chi connectivity index (χ0) is 20.8. The molecule has 1 aromatic heterocycles. The van der Waals surface area contributed by atoms with E-state index < -0.39 is 15.7 Å². The normalized spacial score (nSPS) is 11.7. The van der Waals surface area contributed by atoms with Gasteiger partial charge in [0.15, 0.2) is 0 Å². The fraction of sp³-hybridized carbons (Fsp3) is 0. The molecule has 4 rings (SSSR count). The molecule has 3 aromatic carbocycles. The fourth-order valence-corrected chi connectivity index (χ4v) is 5.25. The minimum Gasteiger partial charge on any atom is -0.246 e. The SMILES string of the molecule is O=S(=O)(c1cc(Cl)cc(Cl)c1)c1cc2ccc(F)cc2nc1-c1ccc(Cl)cc1. The average Bonchev–Trinajstić information content (AvgIpc) is 2.66. The van der Waals surface area contributed by atoms with E-state index >= 15 is 0 Å². The lowest BCUT2D eigenvalue weighted by Crippen LogP contribution is -2.06. The Morgan fingerprint density at radius 2 is 1.41 bits per heavy atom. The Kier molecular flexibility index (Phi) is 5.25. The highest BCUT2D eigenvalue weighted by molar-refractivity contribution is 7.91. The maximum absolute atomic E-state index is 13.7. The Morgan fingerprint density at radius 1 is 0.759 bits per heavy atom. The van der Waals surface area contributed by atoms with Gasteiger partial charge in [-0.3, -0.25) is 0 Å². The van der Waals surface area contributed by atoms with Crippen LogP contribution in [0.2, 0.25) is 15.1 Å². The van der Waals surface area contributed by atoms with Crippen LogP contribution in [0.25, 0.3) is 22.2 Å². The number of hydrogen-bond donors (Lipinski definition) is 0. The maximum Gasteiger partial charge on any atom is 0.208 e. The van der Waals surface area contributed by atoms with Gasteiger partial charge in [0.2, 0.25) is 9.84 Å². The molecule has 1 heterocycles. The first kappa shape index (κ1) is 20.1. The number of benzene rings is 3. The number of rotatable bonds is 3. The zero-order valence-corrected chi connectivity index (χ0v) is 17.6. The van der Waals surface area contributed by atoms with Crippen molar-refractivity contribution in [3.8, 4) is 11.3 Å². The molecule has 0 radical (unpaired) electrons. The van der Waals surface area contributed by atoms with Crippen LogP contribution in [0.5, 0.6) is 0 Å². The molecular formula is C21H11Cl3FNO2S. The lowest BCUT2D eigenvalue weighted by molar-refractivity contribution is 0.596. The lowest BCUT2D eigenvalue weighted by Gasteiger charge is -2.13. The molecule has 0 aliphatic carbocycles.